The van der Waals surface area contributed by atoms with Gasteiger partial charge >= 0.3 is 0 Å². The van der Waals surface area contributed by atoms with Gasteiger partial charge in [0.2, 0.25) is 0 Å². The molecule has 2 saturated carbocycles. The maximum Gasteiger partial charge on any atom is 0.0576 e. The topological polar surface area (TPSA) is 20.2 Å². The molecule has 0 aliphatic heterocycles. The lowest BCUT2D eigenvalue weighted by Gasteiger charge is -2.46. The van der Waals surface area contributed by atoms with E-state index < -0.39 is 0 Å². The Bertz CT molecular complexity index is 250. The van der Waals surface area contributed by atoms with Gasteiger partial charge < -0.3 is 5.11 Å². The quantitative estimate of drug-likeness (QED) is 0.701. The van der Waals surface area contributed by atoms with Gasteiger partial charge in [-0.3, -0.25) is 0 Å². The summed E-state index contributed by atoms with van der Waals surface area (Å²) < 4.78 is 0. The predicted octanol–water partition coefficient (Wildman–Crippen LogP) is 4.78. The van der Waals surface area contributed by atoms with Gasteiger partial charge in [0, 0.05) is 0 Å². The first kappa shape index (κ1) is 14.4. The highest BCUT2D eigenvalue weighted by Gasteiger charge is 2.42. The van der Waals surface area contributed by atoms with Crippen LogP contribution in [-0.4, -0.2) is 11.2 Å². The second kappa shape index (κ2) is 5.94. The van der Waals surface area contributed by atoms with Crippen molar-refractivity contribution in [3.8, 4) is 0 Å². The number of aliphatic hydroxyl groups is 1. The molecule has 2 rings (SSSR count). The minimum atomic E-state index is -0.0491. The van der Waals surface area contributed by atoms with E-state index in [0.29, 0.717) is 11.3 Å². The summed E-state index contributed by atoms with van der Waals surface area (Å²) in [5, 5.41) is 10.5. The van der Waals surface area contributed by atoms with E-state index in [2.05, 4.69) is 20.8 Å². The van der Waals surface area contributed by atoms with Gasteiger partial charge in [0.1, 0.15) is 0 Å². The summed E-state index contributed by atoms with van der Waals surface area (Å²) in [7, 11) is 0. The van der Waals surface area contributed by atoms with Crippen molar-refractivity contribution in [3.63, 3.8) is 0 Å². The highest BCUT2D eigenvalue weighted by atomic mass is 16.3. The molecule has 2 aliphatic rings. The minimum Gasteiger partial charge on any atom is -0.393 e. The fourth-order valence-corrected chi connectivity index (χ4v) is 4.54. The van der Waals surface area contributed by atoms with E-state index in [0.717, 1.165) is 18.3 Å². The summed E-state index contributed by atoms with van der Waals surface area (Å²) in [6, 6.07) is 0. The van der Waals surface area contributed by atoms with Crippen LogP contribution < -0.4 is 0 Å². The molecule has 0 aromatic rings. The molecule has 2 aliphatic carbocycles. The first-order valence-electron chi connectivity index (χ1n) is 8.20. The molecule has 106 valence electrons. The predicted molar refractivity (Wildman–Crippen MR) is 77.5 cm³/mol. The maximum absolute atomic E-state index is 10.5. The average molecular weight is 252 g/mol. The largest absolute Gasteiger partial charge is 0.393 e. The van der Waals surface area contributed by atoms with Crippen LogP contribution >= 0.6 is 0 Å². The lowest BCUT2D eigenvalue weighted by molar-refractivity contribution is -0.0413. The van der Waals surface area contributed by atoms with E-state index in [9.17, 15) is 5.11 Å². The summed E-state index contributed by atoms with van der Waals surface area (Å²) in [6.07, 6.45) is 12.0. The normalized spacial score (nSPS) is 36.3. The van der Waals surface area contributed by atoms with Crippen LogP contribution in [0, 0.1) is 23.2 Å². The Balaban J connectivity index is 2.03. The van der Waals surface area contributed by atoms with Crippen molar-refractivity contribution in [3.05, 3.63) is 0 Å². The molecule has 18 heavy (non-hydrogen) atoms. The molecule has 0 amide bonds. The zero-order valence-corrected chi connectivity index (χ0v) is 12.6. The van der Waals surface area contributed by atoms with E-state index >= 15 is 0 Å². The fraction of sp³-hybridized carbons (Fsp3) is 1.00. The molecular weight excluding hydrogens is 220 g/mol. The molecule has 0 bridgehead atoms. The molecule has 0 spiro atoms. The van der Waals surface area contributed by atoms with Crippen LogP contribution in [0.4, 0.5) is 0 Å². The van der Waals surface area contributed by atoms with Crippen molar-refractivity contribution in [1.29, 1.82) is 0 Å². The van der Waals surface area contributed by atoms with Gasteiger partial charge in [-0.15, -0.1) is 0 Å². The van der Waals surface area contributed by atoms with E-state index in [1.807, 2.05) is 0 Å². The second-order valence-electron chi connectivity index (χ2n) is 7.60. The lowest BCUT2D eigenvalue weighted by atomic mass is 9.60. The second-order valence-corrected chi connectivity index (χ2v) is 7.60. The Kier molecular flexibility index (Phi) is 4.75. The SMILES string of the molecule is CC1CCC(C(C)(C)C2CCCCCC2)C(O)C1. The van der Waals surface area contributed by atoms with Crippen LogP contribution in [0.1, 0.15) is 78.6 Å². The Morgan fingerprint density at radius 3 is 2.06 bits per heavy atom. The van der Waals surface area contributed by atoms with Gasteiger partial charge in [-0.1, -0.05) is 52.9 Å². The van der Waals surface area contributed by atoms with Crippen LogP contribution in [0.15, 0.2) is 0 Å². The lowest BCUT2D eigenvalue weighted by Crippen LogP contribution is -2.42. The van der Waals surface area contributed by atoms with Gasteiger partial charge in [0.05, 0.1) is 6.10 Å². The first-order chi connectivity index (χ1) is 8.51. The van der Waals surface area contributed by atoms with Crippen molar-refractivity contribution in [2.45, 2.75) is 84.7 Å². The van der Waals surface area contributed by atoms with Crippen LogP contribution in [0.2, 0.25) is 0 Å². The molecular formula is C17H32O. The van der Waals surface area contributed by atoms with Crippen LogP contribution in [0.25, 0.3) is 0 Å². The standard InChI is InChI=1S/C17H32O/c1-13-10-11-15(16(18)12-13)17(2,3)14-8-6-4-5-7-9-14/h13-16,18H,4-12H2,1-3H3. The Hall–Kier alpha value is -0.0400. The Labute approximate surface area is 113 Å². The molecule has 0 radical (unpaired) electrons. The molecule has 3 unspecified atom stereocenters. The van der Waals surface area contributed by atoms with Gasteiger partial charge in [0.25, 0.3) is 0 Å². The highest BCUT2D eigenvalue weighted by Crippen LogP contribution is 2.48. The van der Waals surface area contributed by atoms with Crippen molar-refractivity contribution in [2.24, 2.45) is 23.2 Å². The van der Waals surface area contributed by atoms with E-state index in [1.54, 1.807) is 0 Å². The molecule has 1 heteroatoms. The summed E-state index contributed by atoms with van der Waals surface area (Å²) in [6.45, 7) is 7.16. The molecule has 0 aromatic heterocycles. The van der Waals surface area contributed by atoms with Crippen molar-refractivity contribution in [1.82, 2.24) is 0 Å². The summed E-state index contributed by atoms with van der Waals surface area (Å²) in [4.78, 5) is 0. The summed E-state index contributed by atoms with van der Waals surface area (Å²) in [5.74, 6) is 2.10. The van der Waals surface area contributed by atoms with Crippen LogP contribution in [-0.2, 0) is 0 Å². The number of hydrogen-bond acceptors (Lipinski definition) is 1. The molecule has 2 fully saturated rings. The van der Waals surface area contributed by atoms with Gasteiger partial charge in [0.15, 0.2) is 0 Å². The third-order valence-electron chi connectivity index (χ3n) is 5.94. The van der Waals surface area contributed by atoms with Crippen LogP contribution in [0.3, 0.4) is 0 Å². The maximum atomic E-state index is 10.5. The summed E-state index contributed by atoms with van der Waals surface area (Å²) >= 11 is 0. The number of rotatable bonds is 2. The first-order valence-corrected chi connectivity index (χ1v) is 8.20. The minimum absolute atomic E-state index is 0.0491. The molecule has 3 atom stereocenters. The smallest absolute Gasteiger partial charge is 0.0576 e. The zero-order valence-electron chi connectivity index (χ0n) is 12.6. The highest BCUT2D eigenvalue weighted by molar-refractivity contribution is 4.92. The van der Waals surface area contributed by atoms with Crippen molar-refractivity contribution >= 4 is 0 Å². The molecule has 0 saturated heterocycles. The van der Waals surface area contributed by atoms with Gasteiger partial charge in [-0.2, -0.15) is 0 Å². The van der Waals surface area contributed by atoms with Crippen molar-refractivity contribution < 1.29 is 5.11 Å². The average Bonchev–Trinajstić information content (AvgIpc) is 2.57. The fourth-order valence-electron chi connectivity index (χ4n) is 4.54. The third kappa shape index (κ3) is 3.10. The monoisotopic (exact) mass is 252 g/mol. The number of hydrogen-bond donors (Lipinski definition) is 1. The van der Waals surface area contributed by atoms with E-state index in [1.165, 1.54) is 51.4 Å². The molecule has 0 heterocycles. The summed E-state index contributed by atoms with van der Waals surface area (Å²) in [5.41, 5.74) is 0.337. The van der Waals surface area contributed by atoms with E-state index in [4.69, 9.17) is 0 Å². The van der Waals surface area contributed by atoms with Crippen LogP contribution in [0.5, 0.6) is 0 Å². The Morgan fingerprint density at radius 2 is 1.50 bits per heavy atom. The Morgan fingerprint density at radius 1 is 0.889 bits per heavy atom. The molecule has 1 N–H and O–H groups in total. The molecule has 1 nitrogen and oxygen atoms in total. The van der Waals surface area contributed by atoms with E-state index in [-0.39, 0.29) is 6.10 Å². The zero-order chi connectivity index (χ0) is 13.2. The third-order valence-corrected chi connectivity index (χ3v) is 5.94. The number of aliphatic hydroxyl groups excluding tert-OH is 1. The van der Waals surface area contributed by atoms with Crippen molar-refractivity contribution in [2.75, 3.05) is 0 Å². The van der Waals surface area contributed by atoms with Gasteiger partial charge in [-0.25, -0.2) is 0 Å². The van der Waals surface area contributed by atoms with Gasteiger partial charge in [-0.05, 0) is 48.9 Å². The molecule has 0 aromatic carbocycles.